The lowest BCUT2D eigenvalue weighted by Gasteiger charge is -2.08. The van der Waals surface area contributed by atoms with Crippen LogP contribution in [0.15, 0.2) is 42.9 Å². The van der Waals surface area contributed by atoms with Crippen molar-refractivity contribution in [3.05, 3.63) is 53.2 Å². The molecule has 9 heteroatoms. The van der Waals surface area contributed by atoms with Crippen LogP contribution >= 0.6 is 12.2 Å². The largest absolute Gasteiger partial charge is 0.497 e. The van der Waals surface area contributed by atoms with Gasteiger partial charge in [0.05, 0.1) is 13.3 Å². The second-order valence-electron chi connectivity index (χ2n) is 4.45. The number of H-pyrrole nitrogens is 1. The second kappa shape index (κ2) is 6.36. The van der Waals surface area contributed by atoms with E-state index in [1.54, 1.807) is 37.6 Å². The van der Waals surface area contributed by atoms with Crippen LogP contribution in [0, 0.1) is 4.77 Å². The number of carbonyl (C=O) groups is 1. The molecule has 0 fully saturated rings. The molecule has 23 heavy (non-hydrogen) atoms. The van der Waals surface area contributed by atoms with E-state index in [2.05, 4.69) is 25.6 Å². The molecule has 2 N–H and O–H groups in total. The summed E-state index contributed by atoms with van der Waals surface area (Å²) in [6, 6.07) is 6.71. The van der Waals surface area contributed by atoms with Crippen LogP contribution in [-0.2, 0) is 0 Å². The van der Waals surface area contributed by atoms with Gasteiger partial charge in [-0.2, -0.15) is 5.10 Å². The lowest BCUT2D eigenvalue weighted by molar-refractivity contribution is 0.101. The monoisotopic (exact) mass is 328 g/mol. The van der Waals surface area contributed by atoms with Crippen LogP contribution in [0.5, 0.6) is 5.75 Å². The van der Waals surface area contributed by atoms with Crippen molar-refractivity contribution in [1.29, 1.82) is 0 Å². The number of aromatic nitrogens is 5. The van der Waals surface area contributed by atoms with E-state index in [0.717, 1.165) is 0 Å². The molecular weight excluding hydrogens is 316 g/mol. The van der Waals surface area contributed by atoms with Crippen molar-refractivity contribution in [1.82, 2.24) is 24.8 Å². The summed E-state index contributed by atoms with van der Waals surface area (Å²) < 4.78 is 6.66. The highest BCUT2D eigenvalue weighted by Crippen LogP contribution is 2.14. The number of carbonyl (C=O) groups excluding carboxylic acids is 1. The molecule has 0 spiro atoms. The molecule has 3 aromatic rings. The minimum atomic E-state index is -0.338. The molecule has 0 saturated carbocycles. The number of nitrogens with zero attached hydrogens (tertiary/aromatic N) is 4. The van der Waals surface area contributed by atoms with Crippen molar-refractivity contribution < 1.29 is 9.53 Å². The fourth-order valence-corrected chi connectivity index (χ4v) is 2.07. The van der Waals surface area contributed by atoms with Gasteiger partial charge in [0.15, 0.2) is 0 Å². The lowest BCUT2D eigenvalue weighted by Crippen LogP contribution is -2.24. The minimum Gasteiger partial charge on any atom is -0.497 e. The van der Waals surface area contributed by atoms with Crippen LogP contribution in [0.4, 0.5) is 0 Å². The van der Waals surface area contributed by atoms with Crippen molar-refractivity contribution >= 4 is 18.1 Å². The van der Waals surface area contributed by atoms with Crippen molar-refractivity contribution in [2.45, 2.75) is 0 Å². The Labute approximate surface area is 136 Å². The normalized spacial score (nSPS) is 10.3. The Morgan fingerprint density at radius 3 is 2.74 bits per heavy atom. The highest BCUT2D eigenvalue weighted by molar-refractivity contribution is 7.71. The van der Waals surface area contributed by atoms with Gasteiger partial charge in [-0.25, -0.2) is 14.8 Å². The fourth-order valence-electron chi connectivity index (χ4n) is 1.90. The molecule has 0 aliphatic rings. The second-order valence-corrected chi connectivity index (χ2v) is 4.83. The van der Waals surface area contributed by atoms with Crippen molar-refractivity contribution in [3.63, 3.8) is 0 Å². The van der Waals surface area contributed by atoms with Gasteiger partial charge < -0.3 is 4.74 Å². The highest BCUT2D eigenvalue weighted by atomic mass is 32.1. The number of methoxy groups -OCH3 is 1. The zero-order chi connectivity index (χ0) is 16.2. The zero-order valence-corrected chi connectivity index (χ0v) is 12.9. The molecule has 3 rings (SSSR count). The molecule has 0 bridgehead atoms. The predicted molar refractivity (Wildman–Crippen MR) is 85.1 cm³/mol. The number of hydrogen-bond donors (Lipinski definition) is 2. The summed E-state index contributed by atoms with van der Waals surface area (Å²) in [6.45, 7) is 0. The molecule has 2 heterocycles. The first-order valence-electron chi connectivity index (χ1n) is 6.58. The summed E-state index contributed by atoms with van der Waals surface area (Å²) in [6.07, 6.45) is 4.61. The topological polar surface area (TPSA) is 97.7 Å². The molecular formula is C14H12N6O2S. The molecule has 1 aromatic carbocycles. The smallest absolute Gasteiger partial charge is 0.270 e. The van der Waals surface area contributed by atoms with Crippen LogP contribution in [0.3, 0.4) is 0 Å². The maximum absolute atomic E-state index is 12.4. The van der Waals surface area contributed by atoms with E-state index in [0.29, 0.717) is 22.8 Å². The summed E-state index contributed by atoms with van der Waals surface area (Å²) in [4.78, 5) is 20.5. The van der Waals surface area contributed by atoms with E-state index in [1.165, 1.54) is 17.1 Å². The fraction of sp³-hybridized carbons (Fsp3) is 0.0714. The third-order valence-corrected chi connectivity index (χ3v) is 3.30. The maximum atomic E-state index is 12.4. The van der Waals surface area contributed by atoms with Gasteiger partial charge in [-0.3, -0.25) is 15.2 Å². The quantitative estimate of drug-likeness (QED) is 0.709. The Morgan fingerprint density at radius 1 is 1.30 bits per heavy atom. The molecule has 0 radical (unpaired) electrons. The summed E-state index contributed by atoms with van der Waals surface area (Å²) in [7, 11) is 1.56. The first kappa shape index (κ1) is 14.9. The third kappa shape index (κ3) is 3.09. The molecule has 0 aliphatic carbocycles. The average Bonchev–Trinajstić information content (AvgIpc) is 2.96. The Kier molecular flexibility index (Phi) is 4.11. The van der Waals surface area contributed by atoms with Gasteiger partial charge in [-0.15, -0.1) is 0 Å². The van der Waals surface area contributed by atoms with E-state index in [-0.39, 0.29) is 10.7 Å². The molecule has 1 amide bonds. The van der Waals surface area contributed by atoms with Gasteiger partial charge in [0, 0.05) is 18.0 Å². The molecule has 2 aromatic heterocycles. The van der Waals surface area contributed by atoms with Crippen LogP contribution in [-0.4, -0.2) is 37.9 Å². The standard InChI is InChI=1S/C14H12N6O2S/c1-22-10-4-2-9(3-5-10)13(21)19-20-12(17-18-14(20)23)11-8-15-6-7-16-11/h2-8H,1H3,(H,18,23)(H,19,21). The van der Waals surface area contributed by atoms with Gasteiger partial charge >= 0.3 is 0 Å². The Bertz CT molecular complexity index is 872. The van der Waals surface area contributed by atoms with Gasteiger partial charge in [-0.1, -0.05) is 0 Å². The van der Waals surface area contributed by atoms with Gasteiger partial charge in [0.25, 0.3) is 5.91 Å². The Hall–Kier alpha value is -3.07. The first-order valence-corrected chi connectivity index (χ1v) is 6.99. The van der Waals surface area contributed by atoms with Crippen molar-refractivity contribution in [2.75, 3.05) is 12.5 Å². The van der Waals surface area contributed by atoms with Crippen molar-refractivity contribution in [2.24, 2.45) is 0 Å². The van der Waals surface area contributed by atoms with E-state index in [1.807, 2.05) is 0 Å². The first-order chi connectivity index (χ1) is 11.2. The number of ether oxygens (including phenoxy) is 1. The summed E-state index contributed by atoms with van der Waals surface area (Å²) >= 11 is 5.14. The maximum Gasteiger partial charge on any atom is 0.270 e. The number of amides is 1. The number of benzene rings is 1. The van der Waals surface area contributed by atoms with Gasteiger partial charge in [0.1, 0.15) is 11.4 Å². The molecule has 116 valence electrons. The molecule has 0 unspecified atom stereocenters. The minimum absolute atomic E-state index is 0.243. The summed E-state index contributed by atoms with van der Waals surface area (Å²) in [5.74, 6) is 0.696. The Morgan fingerprint density at radius 2 is 2.09 bits per heavy atom. The predicted octanol–water partition coefficient (Wildman–Crippen LogP) is 1.79. The molecule has 0 saturated heterocycles. The molecule has 0 atom stereocenters. The molecule has 0 aliphatic heterocycles. The SMILES string of the molecule is COc1ccc(C(=O)Nn2c(-c3cnccn3)n[nH]c2=S)cc1. The van der Waals surface area contributed by atoms with Crippen LogP contribution in [0.2, 0.25) is 0 Å². The number of nitrogens with one attached hydrogen (secondary N) is 2. The van der Waals surface area contributed by atoms with Gasteiger partial charge in [-0.05, 0) is 36.5 Å². The van der Waals surface area contributed by atoms with Crippen LogP contribution < -0.4 is 10.2 Å². The Balaban J connectivity index is 1.89. The van der Waals surface area contributed by atoms with Gasteiger partial charge in [0.2, 0.25) is 10.6 Å². The summed E-state index contributed by atoms with van der Waals surface area (Å²) in [5.41, 5.74) is 3.62. The van der Waals surface area contributed by atoms with E-state index < -0.39 is 0 Å². The van der Waals surface area contributed by atoms with Crippen LogP contribution in [0.25, 0.3) is 11.5 Å². The number of rotatable bonds is 4. The number of hydrogen-bond acceptors (Lipinski definition) is 6. The average molecular weight is 328 g/mol. The summed E-state index contributed by atoms with van der Waals surface area (Å²) in [5, 5.41) is 6.69. The van der Waals surface area contributed by atoms with E-state index in [4.69, 9.17) is 17.0 Å². The van der Waals surface area contributed by atoms with E-state index in [9.17, 15) is 4.79 Å². The van der Waals surface area contributed by atoms with Crippen molar-refractivity contribution in [3.8, 4) is 17.3 Å². The number of aromatic amines is 1. The third-order valence-electron chi connectivity index (χ3n) is 3.03. The van der Waals surface area contributed by atoms with Crippen LogP contribution in [0.1, 0.15) is 10.4 Å². The molecule has 8 nitrogen and oxygen atoms in total. The highest BCUT2D eigenvalue weighted by Gasteiger charge is 2.14. The lowest BCUT2D eigenvalue weighted by atomic mass is 10.2. The van der Waals surface area contributed by atoms with E-state index >= 15 is 0 Å². The zero-order valence-electron chi connectivity index (χ0n) is 12.1.